The molecule has 0 aliphatic heterocycles. The number of ether oxygens (including phenoxy) is 1. The highest BCUT2D eigenvalue weighted by atomic mass is 16.5. The van der Waals surface area contributed by atoms with Crippen LogP contribution in [0.15, 0.2) is 24.3 Å². The van der Waals surface area contributed by atoms with Crippen LogP contribution in [0.3, 0.4) is 0 Å². The summed E-state index contributed by atoms with van der Waals surface area (Å²) in [6.45, 7) is 6.44. The van der Waals surface area contributed by atoms with Crippen LogP contribution >= 0.6 is 0 Å². The Bertz CT molecular complexity index is 267. The van der Waals surface area contributed by atoms with Crippen LogP contribution in [0.1, 0.15) is 110 Å². The Morgan fingerprint density at radius 2 is 0.958 bits per heavy atom. The molecule has 1 heteroatoms. The van der Waals surface area contributed by atoms with Crippen molar-refractivity contribution in [2.75, 3.05) is 13.2 Å². The van der Waals surface area contributed by atoms with Gasteiger partial charge in [-0.1, -0.05) is 89.5 Å². The van der Waals surface area contributed by atoms with Crippen LogP contribution in [-0.2, 0) is 4.74 Å². The summed E-state index contributed by atoms with van der Waals surface area (Å²) in [6, 6.07) is 0. The van der Waals surface area contributed by atoms with Crippen molar-refractivity contribution in [3.8, 4) is 0 Å². The van der Waals surface area contributed by atoms with Gasteiger partial charge in [0.2, 0.25) is 0 Å². The van der Waals surface area contributed by atoms with Crippen LogP contribution in [0.25, 0.3) is 0 Å². The maximum Gasteiger partial charge on any atom is 0.0466 e. The van der Waals surface area contributed by atoms with Crippen LogP contribution in [0.4, 0.5) is 0 Å². The maximum absolute atomic E-state index is 5.64. The summed E-state index contributed by atoms with van der Waals surface area (Å²) in [5.74, 6) is 0. The molecule has 0 radical (unpaired) electrons. The molecule has 0 saturated heterocycles. The van der Waals surface area contributed by atoms with E-state index in [1.54, 1.807) is 0 Å². The highest BCUT2D eigenvalue weighted by molar-refractivity contribution is 4.92. The minimum atomic E-state index is 0.966. The number of allylic oxidation sites excluding steroid dienone is 4. The lowest BCUT2D eigenvalue weighted by molar-refractivity contribution is 0.126. The summed E-state index contributed by atoms with van der Waals surface area (Å²) in [6.07, 6.45) is 28.9. The fraction of sp³-hybridized carbons (Fsp3) is 0.826. The molecular weight excluding hydrogens is 292 g/mol. The summed E-state index contributed by atoms with van der Waals surface area (Å²) in [7, 11) is 0. The van der Waals surface area contributed by atoms with E-state index in [0.717, 1.165) is 19.6 Å². The largest absolute Gasteiger partial charge is 0.381 e. The smallest absolute Gasteiger partial charge is 0.0466 e. The molecule has 142 valence electrons. The quantitative estimate of drug-likeness (QED) is 0.171. The Morgan fingerprint density at radius 3 is 1.58 bits per heavy atom. The first-order valence-electron chi connectivity index (χ1n) is 10.8. The summed E-state index contributed by atoms with van der Waals surface area (Å²) in [5, 5.41) is 0. The third-order valence-corrected chi connectivity index (χ3v) is 4.38. The third kappa shape index (κ3) is 21.4. The van der Waals surface area contributed by atoms with Gasteiger partial charge in [-0.2, -0.15) is 0 Å². The lowest BCUT2D eigenvalue weighted by Gasteiger charge is -2.03. The highest BCUT2D eigenvalue weighted by Crippen LogP contribution is 2.08. The average molecular weight is 337 g/mol. The predicted octanol–water partition coefficient (Wildman–Crippen LogP) is 8.01. The van der Waals surface area contributed by atoms with E-state index in [2.05, 4.69) is 38.2 Å². The molecule has 0 rings (SSSR count). The van der Waals surface area contributed by atoms with Crippen LogP contribution < -0.4 is 0 Å². The molecule has 0 N–H and O–H groups in total. The van der Waals surface area contributed by atoms with Crippen molar-refractivity contribution < 1.29 is 4.74 Å². The molecule has 1 nitrogen and oxygen atoms in total. The van der Waals surface area contributed by atoms with E-state index in [1.807, 2.05) is 0 Å². The van der Waals surface area contributed by atoms with Gasteiger partial charge in [0.15, 0.2) is 0 Å². The van der Waals surface area contributed by atoms with Crippen molar-refractivity contribution in [1.29, 1.82) is 0 Å². The maximum atomic E-state index is 5.64. The summed E-state index contributed by atoms with van der Waals surface area (Å²) < 4.78 is 5.64. The van der Waals surface area contributed by atoms with Gasteiger partial charge in [-0.3, -0.25) is 0 Å². The molecule has 0 aliphatic rings. The van der Waals surface area contributed by atoms with Crippen molar-refractivity contribution in [2.24, 2.45) is 0 Å². The zero-order valence-electron chi connectivity index (χ0n) is 16.7. The van der Waals surface area contributed by atoms with Gasteiger partial charge in [0.25, 0.3) is 0 Å². The summed E-state index contributed by atoms with van der Waals surface area (Å²) in [4.78, 5) is 0. The van der Waals surface area contributed by atoms with Crippen molar-refractivity contribution in [2.45, 2.75) is 110 Å². The SMILES string of the molecule is CCCCCC=CCC=CCCCCCCCCOCCCCC. The fourth-order valence-corrected chi connectivity index (χ4v) is 2.75. The first-order valence-corrected chi connectivity index (χ1v) is 10.8. The lowest BCUT2D eigenvalue weighted by atomic mass is 10.1. The van der Waals surface area contributed by atoms with Crippen LogP contribution in [0, 0.1) is 0 Å². The van der Waals surface area contributed by atoms with E-state index in [1.165, 1.54) is 89.9 Å². The molecule has 0 aromatic heterocycles. The van der Waals surface area contributed by atoms with Crippen LogP contribution in [0.5, 0.6) is 0 Å². The van der Waals surface area contributed by atoms with Gasteiger partial charge < -0.3 is 4.74 Å². The van der Waals surface area contributed by atoms with E-state index >= 15 is 0 Å². The van der Waals surface area contributed by atoms with Gasteiger partial charge in [-0.25, -0.2) is 0 Å². The molecule has 0 heterocycles. The summed E-state index contributed by atoms with van der Waals surface area (Å²) in [5.41, 5.74) is 0. The molecule has 0 saturated carbocycles. The molecule has 0 spiro atoms. The van der Waals surface area contributed by atoms with E-state index < -0.39 is 0 Å². The van der Waals surface area contributed by atoms with Crippen molar-refractivity contribution in [3.05, 3.63) is 24.3 Å². The minimum absolute atomic E-state index is 0.966. The second-order valence-corrected chi connectivity index (χ2v) is 6.90. The second kappa shape index (κ2) is 22.4. The van der Waals surface area contributed by atoms with E-state index in [9.17, 15) is 0 Å². The van der Waals surface area contributed by atoms with Crippen molar-refractivity contribution >= 4 is 0 Å². The Kier molecular flexibility index (Phi) is 21.9. The van der Waals surface area contributed by atoms with Gasteiger partial charge in [0.1, 0.15) is 0 Å². The molecule has 0 fully saturated rings. The monoisotopic (exact) mass is 336 g/mol. The molecule has 0 aromatic carbocycles. The molecule has 24 heavy (non-hydrogen) atoms. The molecule has 0 amide bonds. The van der Waals surface area contributed by atoms with Gasteiger partial charge in [0, 0.05) is 13.2 Å². The molecule has 0 unspecified atom stereocenters. The first-order chi connectivity index (χ1) is 11.9. The van der Waals surface area contributed by atoms with Gasteiger partial charge in [-0.15, -0.1) is 0 Å². The number of unbranched alkanes of at least 4 members (excludes halogenated alkanes) is 11. The number of hydrogen-bond donors (Lipinski definition) is 0. The van der Waals surface area contributed by atoms with Crippen molar-refractivity contribution in [3.63, 3.8) is 0 Å². The Labute approximate surface area is 153 Å². The molecule has 0 aliphatic carbocycles. The molecule has 0 bridgehead atoms. The highest BCUT2D eigenvalue weighted by Gasteiger charge is 1.92. The predicted molar refractivity (Wildman–Crippen MR) is 110 cm³/mol. The molecule has 0 aromatic rings. The van der Waals surface area contributed by atoms with E-state index in [0.29, 0.717) is 0 Å². The standard InChI is InChI=1S/C23H44O/c1-3-5-7-8-9-10-11-12-13-14-15-16-17-18-19-21-23-24-22-20-6-4-2/h9-10,12-13H,3-8,11,14-23H2,1-2H3. The Morgan fingerprint density at radius 1 is 0.500 bits per heavy atom. The Balaban J connectivity index is 3.10. The van der Waals surface area contributed by atoms with E-state index in [4.69, 9.17) is 4.74 Å². The lowest BCUT2D eigenvalue weighted by Crippen LogP contribution is -1.96. The first kappa shape index (κ1) is 23.4. The normalized spacial score (nSPS) is 11.9. The van der Waals surface area contributed by atoms with Gasteiger partial charge in [0.05, 0.1) is 0 Å². The molecular formula is C23H44O. The third-order valence-electron chi connectivity index (χ3n) is 4.38. The fourth-order valence-electron chi connectivity index (χ4n) is 2.75. The number of hydrogen-bond acceptors (Lipinski definition) is 1. The van der Waals surface area contributed by atoms with Crippen molar-refractivity contribution in [1.82, 2.24) is 0 Å². The van der Waals surface area contributed by atoms with E-state index in [-0.39, 0.29) is 0 Å². The Hall–Kier alpha value is -0.560. The average Bonchev–Trinajstić information content (AvgIpc) is 2.60. The minimum Gasteiger partial charge on any atom is -0.381 e. The van der Waals surface area contributed by atoms with Crippen LogP contribution in [0.2, 0.25) is 0 Å². The zero-order valence-corrected chi connectivity index (χ0v) is 16.7. The van der Waals surface area contributed by atoms with Gasteiger partial charge in [-0.05, 0) is 44.9 Å². The molecule has 0 atom stereocenters. The summed E-state index contributed by atoms with van der Waals surface area (Å²) >= 11 is 0. The number of rotatable bonds is 19. The topological polar surface area (TPSA) is 9.23 Å². The van der Waals surface area contributed by atoms with Crippen LogP contribution in [-0.4, -0.2) is 13.2 Å². The zero-order chi connectivity index (χ0) is 17.6. The second-order valence-electron chi connectivity index (χ2n) is 6.90. The van der Waals surface area contributed by atoms with Gasteiger partial charge >= 0.3 is 0 Å².